The van der Waals surface area contributed by atoms with Gasteiger partial charge in [0.05, 0.1) is 0 Å². The lowest BCUT2D eigenvalue weighted by Crippen LogP contribution is -1.90. The summed E-state index contributed by atoms with van der Waals surface area (Å²) in [5.74, 6) is 0.774. The van der Waals surface area contributed by atoms with Gasteiger partial charge in [-0.2, -0.15) is 0 Å². The van der Waals surface area contributed by atoms with E-state index in [0.717, 1.165) is 54.7 Å². The highest BCUT2D eigenvalue weighted by atomic mass is 16.3. The molecule has 7 aromatic rings. The number of benzene rings is 5. The van der Waals surface area contributed by atoms with Crippen LogP contribution in [0.3, 0.4) is 0 Å². The molecule has 1 N–H and O–H groups in total. The first-order valence-electron chi connectivity index (χ1n) is 11.1. The molecule has 34 heavy (non-hydrogen) atoms. The van der Waals surface area contributed by atoms with Crippen LogP contribution in [0.1, 0.15) is 0 Å². The standard InChI is InChI=1S/C30H18N2O2/c33-26-14-13-22(23-8-5-15-31-29(23)26)28-21-7-2-1-6-18(21)16-19-11-12-20(17-24(19)28)30-32-25-9-3-4-10-27(25)34-30/h1-17,33H. The van der Waals surface area contributed by atoms with Crippen LogP contribution in [-0.4, -0.2) is 15.1 Å². The van der Waals surface area contributed by atoms with Crippen LogP contribution in [0.25, 0.3) is 66.1 Å². The van der Waals surface area contributed by atoms with Gasteiger partial charge in [-0.25, -0.2) is 4.98 Å². The van der Waals surface area contributed by atoms with Crippen LogP contribution in [0, 0.1) is 0 Å². The topological polar surface area (TPSA) is 59.2 Å². The summed E-state index contributed by atoms with van der Waals surface area (Å²) in [4.78, 5) is 9.15. The number of hydrogen-bond donors (Lipinski definition) is 1. The Morgan fingerprint density at radius 3 is 2.44 bits per heavy atom. The predicted molar refractivity (Wildman–Crippen MR) is 137 cm³/mol. The Hall–Kier alpha value is -4.70. The zero-order valence-electron chi connectivity index (χ0n) is 18.1. The molecule has 0 amide bonds. The van der Waals surface area contributed by atoms with Crippen LogP contribution in [0.4, 0.5) is 0 Å². The van der Waals surface area contributed by atoms with E-state index in [1.54, 1.807) is 12.3 Å². The zero-order chi connectivity index (χ0) is 22.6. The number of phenolic OH excluding ortho intramolecular Hbond substituents is 1. The van der Waals surface area contributed by atoms with Crippen molar-refractivity contribution in [3.05, 3.63) is 103 Å². The van der Waals surface area contributed by atoms with Crippen molar-refractivity contribution in [1.29, 1.82) is 0 Å². The van der Waals surface area contributed by atoms with E-state index in [2.05, 4.69) is 53.5 Å². The molecule has 0 bridgehead atoms. The van der Waals surface area contributed by atoms with Gasteiger partial charge in [-0.3, -0.25) is 4.98 Å². The average Bonchev–Trinajstić information content (AvgIpc) is 3.32. The maximum absolute atomic E-state index is 10.4. The number of pyridine rings is 1. The Kier molecular flexibility index (Phi) is 3.96. The van der Waals surface area contributed by atoms with Gasteiger partial charge in [0.25, 0.3) is 0 Å². The van der Waals surface area contributed by atoms with Crippen LogP contribution in [0.5, 0.6) is 5.75 Å². The fourth-order valence-corrected chi connectivity index (χ4v) is 4.86. The van der Waals surface area contributed by atoms with Crippen molar-refractivity contribution in [3.8, 4) is 28.3 Å². The van der Waals surface area contributed by atoms with Crippen molar-refractivity contribution < 1.29 is 9.52 Å². The first kappa shape index (κ1) is 18.8. The second kappa shape index (κ2) is 7.15. The second-order valence-electron chi connectivity index (χ2n) is 8.43. The van der Waals surface area contributed by atoms with E-state index >= 15 is 0 Å². The molecule has 0 saturated carbocycles. The maximum Gasteiger partial charge on any atom is 0.227 e. The van der Waals surface area contributed by atoms with E-state index < -0.39 is 0 Å². The van der Waals surface area contributed by atoms with Crippen LogP contribution >= 0.6 is 0 Å². The third-order valence-electron chi connectivity index (χ3n) is 6.42. The number of nitrogens with zero attached hydrogens (tertiary/aromatic N) is 2. The predicted octanol–water partition coefficient (Wildman–Crippen LogP) is 7.72. The SMILES string of the molecule is Oc1ccc(-c2c3ccccc3cc3ccc(-c4nc5ccccc5o4)cc23)c2cccnc12. The number of hydrogen-bond acceptors (Lipinski definition) is 4. The highest BCUT2D eigenvalue weighted by molar-refractivity contribution is 6.17. The number of aromatic hydroxyl groups is 1. The van der Waals surface area contributed by atoms with Gasteiger partial charge in [-0.15, -0.1) is 0 Å². The summed E-state index contributed by atoms with van der Waals surface area (Å²) < 4.78 is 6.07. The van der Waals surface area contributed by atoms with Crippen LogP contribution in [-0.2, 0) is 0 Å². The molecule has 160 valence electrons. The van der Waals surface area contributed by atoms with Gasteiger partial charge in [-0.05, 0) is 81.2 Å². The summed E-state index contributed by atoms with van der Waals surface area (Å²) in [6.45, 7) is 0. The lowest BCUT2D eigenvalue weighted by Gasteiger charge is -2.15. The molecule has 0 spiro atoms. The summed E-state index contributed by atoms with van der Waals surface area (Å²) in [6.07, 6.45) is 1.71. The van der Waals surface area contributed by atoms with Gasteiger partial charge in [0.2, 0.25) is 5.89 Å². The first-order valence-corrected chi connectivity index (χ1v) is 11.1. The van der Waals surface area contributed by atoms with Gasteiger partial charge < -0.3 is 9.52 Å². The Morgan fingerprint density at radius 1 is 0.676 bits per heavy atom. The summed E-state index contributed by atoms with van der Waals surface area (Å²) in [6, 6.07) is 32.4. The minimum absolute atomic E-state index is 0.177. The zero-order valence-corrected chi connectivity index (χ0v) is 18.1. The molecule has 4 heteroatoms. The molecule has 0 unspecified atom stereocenters. The van der Waals surface area contributed by atoms with Gasteiger partial charge in [0, 0.05) is 17.1 Å². The Balaban J connectivity index is 1.59. The van der Waals surface area contributed by atoms with Crippen molar-refractivity contribution >= 4 is 43.5 Å². The summed E-state index contributed by atoms with van der Waals surface area (Å²) in [5.41, 5.74) is 5.25. The van der Waals surface area contributed by atoms with E-state index in [1.807, 2.05) is 42.5 Å². The minimum atomic E-state index is 0.177. The van der Waals surface area contributed by atoms with Crippen LogP contribution < -0.4 is 0 Å². The van der Waals surface area contributed by atoms with E-state index in [4.69, 9.17) is 9.40 Å². The first-order chi connectivity index (χ1) is 16.8. The molecular weight excluding hydrogens is 420 g/mol. The van der Waals surface area contributed by atoms with Crippen LogP contribution in [0.15, 0.2) is 108 Å². The summed E-state index contributed by atoms with van der Waals surface area (Å²) in [7, 11) is 0. The van der Waals surface area contributed by atoms with Gasteiger partial charge in [-0.1, -0.05) is 48.5 Å². The van der Waals surface area contributed by atoms with Crippen molar-refractivity contribution in [3.63, 3.8) is 0 Å². The average molecular weight is 438 g/mol. The molecule has 0 atom stereocenters. The lowest BCUT2D eigenvalue weighted by atomic mass is 9.89. The number of oxazole rings is 1. The maximum atomic E-state index is 10.4. The normalized spacial score (nSPS) is 11.6. The summed E-state index contributed by atoms with van der Waals surface area (Å²) >= 11 is 0. The highest BCUT2D eigenvalue weighted by Crippen LogP contribution is 2.42. The molecule has 5 aromatic carbocycles. The van der Waals surface area contributed by atoms with E-state index in [9.17, 15) is 5.11 Å². The number of aromatic nitrogens is 2. The van der Waals surface area contributed by atoms with Crippen molar-refractivity contribution in [2.45, 2.75) is 0 Å². The molecule has 0 aliphatic rings. The van der Waals surface area contributed by atoms with E-state index in [1.165, 1.54) is 0 Å². The number of fused-ring (bicyclic) bond motifs is 4. The number of para-hydroxylation sites is 2. The molecule has 0 aliphatic carbocycles. The summed E-state index contributed by atoms with van der Waals surface area (Å²) in [5, 5.41) is 15.9. The minimum Gasteiger partial charge on any atom is -0.506 e. The molecule has 0 fully saturated rings. The molecule has 2 aromatic heterocycles. The van der Waals surface area contributed by atoms with Gasteiger partial charge in [0.1, 0.15) is 16.8 Å². The van der Waals surface area contributed by atoms with Gasteiger partial charge >= 0.3 is 0 Å². The lowest BCUT2D eigenvalue weighted by molar-refractivity contribution is 0.480. The fourth-order valence-electron chi connectivity index (χ4n) is 4.86. The number of rotatable bonds is 2. The van der Waals surface area contributed by atoms with Crippen LogP contribution in [0.2, 0.25) is 0 Å². The van der Waals surface area contributed by atoms with Crippen molar-refractivity contribution in [1.82, 2.24) is 9.97 Å². The molecular formula is C30H18N2O2. The van der Waals surface area contributed by atoms with E-state index in [0.29, 0.717) is 11.4 Å². The molecule has 0 aliphatic heterocycles. The number of phenols is 1. The Labute approximate surface area is 194 Å². The third-order valence-corrected chi connectivity index (χ3v) is 6.42. The molecule has 0 radical (unpaired) electrons. The smallest absolute Gasteiger partial charge is 0.227 e. The molecule has 2 heterocycles. The third kappa shape index (κ3) is 2.79. The highest BCUT2D eigenvalue weighted by Gasteiger charge is 2.16. The Morgan fingerprint density at radius 2 is 1.50 bits per heavy atom. The quantitative estimate of drug-likeness (QED) is 0.281. The largest absolute Gasteiger partial charge is 0.506 e. The van der Waals surface area contributed by atoms with Crippen molar-refractivity contribution in [2.24, 2.45) is 0 Å². The fraction of sp³-hybridized carbons (Fsp3) is 0. The van der Waals surface area contributed by atoms with Gasteiger partial charge in [0.15, 0.2) is 5.58 Å². The van der Waals surface area contributed by atoms with E-state index in [-0.39, 0.29) is 5.75 Å². The molecule has 7 rings (SSSR count). The Bertz CT molecular complexity index is 1850. The molecule has 4 nitrogen and oxygen atoms in total. The van der Waals surface area contributed by atoms with Crippen molar-refractivity contribution in [2.75, 3.05) is 0 Å². The monoisotopic (exact) mass is 438 g/mol. The molecule has 0 saturated heterocycles. The second-order valence-corrected chi connectivity index (χ2v) is 8.43.